The molecule has 0 bridgehead atoms. The van der Waals surface area contributed by atoms with Crippen LogP contribution in [0.3, 0.4) is 0 Å². The van der Waals surface area contributed by atoms with Gasteiger partial charge in [-0.25, -0.2) is 4.72 Å². The van der Waals surface area contributed by atoms with Crippen LogP contribution in [-0.2, 0) is 5.54 Å². The van der Waals surface area contributed by atoms with Gasteiger partial charge >= 0.3 is 0 Å². The van der Waals surface area contributed by atoms with Crippen molar-refractivity contribution in [2.45, 2.75) is 45.1 Å². The minimum absolute atomic E-state index is 0.196. The van der Waals surface area contributed by atoms with Gasteiger partial charge in [0, 0.05) is 4.90 Å². The number of furan rings is 1. The SMILES string of the molecule is Cc1cc(C)c(SNC(C)(C)c2ccco2)c(C)c1. The third kappa shape index (κ3) is 3.23. The van der Waals surface area contributed by atoms with E-state index in [0.717, 1.165) is 5.76 Å². The number of benzene rings is 1. The molecule has 0 atom stereocenters. The van der Waals surface area contributed by atoms with Crippen LogP contribution in [0, 0.1) is 20.8 Å². The van der Waals surface area contributed by atoms with E-state index in [4.69, 9.17) is 4.42 Å². The fraction of sp³-hybridized carbons (Fsp3) is 0.375. The normalized spacial score (nSPS) is 11.8. The lowest BCUT2D eigenvalue weighted by atomic mass is 10.0. The zero-order valence-corrected chi connectivity index (χ0v) is 13.0. The van der Waals surface area contributed by atoms with Gasteiger partial charge in [-0.05, 0) is 69.8 Å². The molecule has 2 nitrogen and oxygen atoms in total. The lowest BCUT2D eigenvalue weighted by molar-refractivity contribution is 0.374. The quantitative estimate of drug-likeness (QED) is 0.816. The van der Waals surface area contributed by atoms with Gasteiger partial charge in [0.05, 0.1) is 11.8 Å². The van der Waals surface area contributed by atoms with Crippen molar-refractivity contribution in [3.8, 4) is 0 Å². The molecule has 102 valence electrons. The number of hydrogen-bond acceptors (Lipinski definition) is 3. The van der Waals surface area contributed by atoms with Gasteiger partial charge in [0.25, 0.3) is 0 Å². The highest BCUT2D eigenvalue weighted by Crippen LogP contribution is 2.30. The first-order chi connectivity index (χ1) is 8.90. The molecule has 0 amide bonds. The van der Waals surface area contributed by atoms with Gasteiger partial charge in [-0.15, -0.1) is 0 Å². The Morgan fingerprint density at radius 1 is 1.11 bits per heavy atom. The highest BCUT2D eigenvalue weighted by atomic mass is 32.2. The van der Waals surface area contributed by atoms with Gasteiger partial charge < -0.3 is 4.42 Å². The van der Waals surface area contributed by atoms with Crippen molar-refractivity contribution in [2.75, 3.05) is 0 Å². The van der Waals surface area contributed by atoms with Crippen LogP contribution < -0.4 is 4.72 Å². The summed E-state index contributed by atoms with van der Waals surface area (Å²) in [6, 6.07) is 8.36. The van der Waals surface area contributed by atoms with Gasteiger partial charge in [-0.3, -0.25) is 0 Å². The monoisotopic (exact) mass is 275 g/mol. The number of rotatable bonds is 4. The van der Waals surface area contributed by atoms with E-state index in [2.05, 4.69) is 51.5 Å². The van der Waals surface area contributed by atoms with E-state index < -0.39 is 0 Å². The van der Waals surface area contributed by atoms with E-state index in [1.54, 1.807) is 18.2 Å². The molecule has 0 saturated carbocycles. The summed E-state index contributed by atoms with van der Waals surface area (Å²) >= 11 is 1.68. The van der Waals surface area contributed by atoms with Crippen LogP contribution in [0.1, 0.15) is 36.3 Å². The van der Waals surface area contributed by atoms with Crippen molar-refractivity contribution in [2.24, 2.45) is 0 Å². The standard InChI is InChI=1S/C16H21NOS/c1-11-9-12(2)15(13(3)10-11)19-17-16(4,5)14-7-6-8-18-14/h6-10,17H,1-5H3. The maximum Gasteiger partial charge on any atom is 0.124 e. The summed E-state index contributed by atoms with van der Waals surface area (Å²) in [5, 5.41) is 0. The average molecular weight is 275 g/mol. The maximum absolute atomic E-state index is 5.49. The summed E-state index contributed by atoms with van der Waals surface area (Å²) in [5.41, 5.74) is 3.73. The fourth-order valence-corrected chi connectivity index (χ4v) is 3.09. The Balaban J connectivity index is 2.15. The first-order valence-corrected chi connectivity index (χ1v) is 7.27. The summed E-state index contributed by atoms with van der Waals surface area (Å²) in [4.78, 5) is 1.30. The Morgan fingerprint density at radius 3 is 2.26 bits per heavy atom. The molecule has 1 N–H and O–H groups in total. The van der Waals surface area contributed by atoms with Crippen LogP contribution in [0.25, 0.3) is 0 Å². The van der Waals surface area contributed by atoms with Gasteiger partial charge in [-0.1, -0.05) is 17.7 Å². The second-order valence-electron chi connectivity index (χ2n) is 5.53. The predicted molar refractivity (Wildman–Crippen MR) is 81.4 cm³/mol. The van der Waals surface area contributed by atoms with Gasteiger partial charge in [0.15, 0.2) is 0 Å². The molecule has 19 heavy (non-hydrogen) atoms. The fourth-order valence-electron chi connectivity index (χ4n) is 2.19. The Labute approximate surface area is 119 Å². The molecule has 1 heterocycles. The molecule has 3 heteroatoms. The van der Waals surface area contributed by atoms with E-state index in [9.17, 15) is 0 Å². The molecule has 0 aliphatic heterocycles. The van der Waals surface area contributed by atoms with Crippen LogP contribution in [0.5, 0.6) is 0 Å². The van der Waals surface area contributed by atoms with Gasteiger partial charge in [0.2, 0.25) is 0 Å². The summed E-state index contributed by atoms with van der Waals surface area (Å²) in [6.45, 7) is 10.7. The highest BCUT2D eigenvalue weighted by Gasteiger charge is 2.23. The van der Waals surface area contributed by atoms with Crippen LogP contribution >= 0.6 is 11.9 Å². The lowest BCUT2D eigenvalue weighted by Crippen LogP contribution is -2.30. The van der Waals surface area contributed by atoms with E-state index in [1.807, 2.05) is 12.1 Å². The first kappa shape index (κ1) is 14.2. The van der Waals surface area contributed by atoms with E-state index in [-0.39, 0.29) is 5.54 Å². The third-order valence-corrected chi connectivity index (χ3v) is 4.61. The summed E-state index contributed by atoms with van der Waals surface area (Å²) < 4.78 is 8.99. The van der Waals surface area contributed by atoms with Gasteiger partial charge in [0.1, 0.15) is 5.76 Å². The van der Waals surface area contributed by atoms with E-state index in [1.165, 1.54) is 21.6 Å². The summed E-state index contributed by atoms with van der Waals surface area (Å²) in [5.74, 6) is 0.947. The van der Waals surface area contributed by atoms with E-state index in [0.29, 0.717) is 0 Å². The lowest BCUT2D eigenvalue weighted by Gasteiger charge is -2.24. The second-order valence-corrected chi connectivity index (χ2v) is 6.35. The Bertz CT molecular complexity index is 535. The van der Waals surface area contributed by atoms with Crippen LogP contribution in [-0.4, -0.2) is 0 Å². The molecule has 0 spiro atoms. The Morgan fingerprint density at radius 2 is 1.74 bits per heavy atom. The molecule has 0 fully saturated rings. The molecule has 0 unspecified atom stereocenters. The number of aryl methyl sites for hydroxylation is 3. The Hall–Kier alpha value is -1.19. The zero-order chi connectivity index (χ0) is 14.0. The van der Waals surface area contributed by atoms with Crippen molar-refractivity contribution in [1.29, 1.82) is 0 Å². The summed E-state index contributed by atoms with van der Waals surface area (Å²) in [6.07, 6.45) is 1.71. The molecule has 0 aliphatic rings. The third-order valence-electron chi connectivity index (χ3n) is 3.15. The molecular weight excluding hydrogens is 254 g/mol. The van der Waals surface area contributed by atoms with Crippen molar-refractivity contribution in [3.63, 3.8) is 0 Å². The van der Waals surface area contributed by atoms with Crippen LogP contribution in [0.2, 0.25) is 0 Å². The van der Waals surface area contributed by atoms with Crippen LogP contribution in [0.15, 0.2) is 39.8 Å². The van der Waals surface area contributed by atoms with Crippen molar-refractivity contribution in [1.82, 2.24) is 4.72 Å². The molecule has 1 aromatic heterocycles. The minimum Gasteiger partial charge on any atom is -0.467 e. The minimum atomic E-state index is -0.196. The summed E-state index contributed by atoms with van der Waals surface area (Å²) in [7, 11) is 0. The Kier molecular flexibility index (Phi) is 4.07. The molecule has 0 radical (unpaired) electrons. The largest absolute Gasteiger partial charge is 0.467 e. The zero-order valence-electron chi connectivity index (χ0n) is 12.2. The second kappa shape index (κ2) is 5.43. The average Bonchev–Trinajstić information content (AvgIpc) is 2.81. The van der Waals surface area contributed by atoms with Crippen LogP contribution in [0.4, 0.5) is 0 Å². The molecule has 2 rings (SSSR count). The molecular formula is C16H21NOS. The van der Waals surface area contributed by atoms with Crippen molar-refractivity contribution < 1.29 is 4.42 Å². The maximum atomic E-state index is 5.49. The van der Waals surface area contributed by atoms with Gasteiger partial charge in [-0.2, -0.15) is 0 Å². The number of hydrogen-bond donors (Lipinski definition) is 1. The van der Waals surface area contributed by atoms with Crippen molar-refractivity contribution in [3.05, 3.63) is 53.0 Å². The van der Waals surface area contributed by atoms with E-state index >= 15 is 0 Å². The first-order valence-electron chi connectivity index (χ1n) is 6.46. The number of nitrogens with one attached hydrogen (secondary N) is 1. The highest BCUT2D eigenvalue weighted by molar-refractivity contribution is 7.97. The van der Waals surface area contributed by atoms with Crippen molar-refractivity contribution >= 4 is 11.9 Å². The molecule has 2 aromatic rings. The topological polar surface area (TPSA) is 25.2 Å². The molecule has 0 aliphatic carbocycles. The molecule has 1 aromatic carbocycles. The smallest absolute Gasteiger partial charge is 0.124 e. The predicted octanol–water partition coefficient (Wildman–Crippen LogP) is 4.74. The molecule has 0 saturated heterocycles.